The molecule has 2 nitrogen and oxygen atoms in total. The van der Waals surface area contributed by atoms with Gasteiger partial charge in [0.25, 0.3) is 0 Å². The van der Waals surface area contributed by atoms with E-state index in [-0.39, 0.29) is 5.69 Å². The Morgan fingerprint density at radius 2 is 1.76 bits per heavy atom. The van der Waals surface area contributed by atoms with Crippen molar-refractivity contribution in [3.8, 4) is 0 Å². The summed E-state index contributed by atoms with van der Waals surface area (Å²) < 4.78 is 25.9. The van der Waals surface area contributed by atoms with Crippen molar-refractivity contribution in [3.63, 3.8) is 0 Å². The molecule has 0 aromatic heterocycles. The molecule has 1 atom stereocenters. The molecule has 0 spiro atoms. The Kier molecular flexibility index (Phi) is 3.71. The van der Waals surface area contributed by atoms with Gasteiger partial charge in [0.05, 0.1) is 22.2 Å². The minimum absolute atomic E-state index is 0.0703. The molecular formula is C17H14FNOS. The highest BCUT2D eigenvalue weighted by Gasteiger charge is 2.10. The van der Waals surface area contributed by atoms with E-state index < -0.39 is 16.6 Å². The molecule has 0 bridgehead atoms. The van der Waals surface area contributed by atoms with Crippen LogP contribution in [0.3, 0.4) is 0 Å². The smallest absolute Gasteiger partial charge is 0.147 e. The summed E-state index contributed by atoms with van der Waals surface area (Å²) in [5, 5.41) is 2.18. The molecule has 2 N–H and O–H groups in total. The molecule has 3 aromatic rings. The van der Waals surface area contributed by atoms with Gasteiger partial charge in [-0.05, 0) is 34.5 Å². The topological polar surface area (TPSA) is 43.1 Å². The van der Waals surface area contributed by atoms with E-state index in [2.05, 4.69) is 0 Å². The fraction of sp³-hybridized carbons (Fsp3) is 0.0588. The Hall–Kier alpha value is -2.20. The zero-order valence-electron chi connectivity index (χ0n) is 11.3. The molecule has 0 aliphatic rings. The van der Waals surface area contributed by atoms with Crippen LogP contribution in [0.15, 0.2) is 65.6 Å². The third-order valence-corrected chi connectivity index (χ3v) is 4.75. The molecule has 0 aliphatic heterocycles. The van der Waals surface area contributed by atoms with Gasteiger partial charge in [0.1, 0.15) is 5.82 Å². The number of fused-ring (bicyclic) bond motifs is 1. The summed E-state index contributed by atoms with van der Waals surface area (Å²) >= 11 is 0. The van der Waals surface area contributed by atoms with Crippen LogP contribution in [0.25, 0.3) is 10.8 Å². The van der Waals surface area contributed by atoms with Gasteiger partial charge in [0, 0.05) is 4.90 Å². The third kappa shape index (κ3) is 2.81. The summed E-state index contributed by atoms with van der Waals surface area (Å²) in [6.45, 7) is 0. The Bertz CT molecular complexity index is 827. The van der Waals surface area contributed by atoms with E-state index in [1.807, 2.05) is 42.5 Å². The first-order valence-corrected chi connectivity index (χ1v) is 7.87. The van der Waals surface area contributed by atoms with E-state index in [4.69, 9.17) is 5.73 Å². The lowest BCUT2D eigenvalue weighted by Gasteiger charge is -2.07. The van der Waals surface area contributed by atoms with Crippen LogP contribution in [-0.4, -0.2) is 4.21 Å². The number of halogens is 1. The normalized spacial score (nSPS) is 12.4. The van der Waals surface area contributed by atoms with Gasteiger partial charge < -0.3 is 5.73 Å². The molecule has 0 heterocycles. The molecule has 3 rings (SSSR count). The maximum absolute atomic E-state index is 13.5. The van der Waals surface area contributed by atoms with Crippen LogP contribution in [0.1, 0.15) is 5.56 Å². The van der Waals surface area contributed by atoms with E-state index in [1.54, 1.807) is 6.07 Å². The average Bonchev–Trinajstić information content (AvgIpc) is 2.50. The fourth-order valence-corrected chi connectivity index (χ4v) is 3.45. The van der Waals surface area contributed by atoms with Crippen LogP contribution in [-0.2, 0) is 16.6 Å². The zero-order valence-corrected chi connectivity index (χ0v) is 12.1. The summed E-state index contributed by atoms with van der Waals surface area (Å²) in [6.07, 6.45) is 0. The van der Waals surface area contributed by atoms with Crippen LogP contribution < -0.4 is 5.73 Å². The van der Waals surface area contributed by atoms with Gasteiger partial charge in [-0.15, -0.1) is 0 Å². The zero-order chi connectivity index (χ0) is 14.8. The van der Waals surface area contributed by atoms with Gasteiger partial charge in [-0.25, -0.2) is 4.39 Å². The highest BCUT2D eigenvalue weighted by atomic mass is 32.2. The van der Waals surface area contributed by atoms with Crippen molar-refractivity contribution in [3.05, 3.63) is 72.0 Å². The van der Waals surface area contributed by atoms with E-state index in [0.29, 0.717) is 10.6 Å². The molecule has 0 saturated heterocycles. The van der Waals surface area contributed by atoms with Gasteiger partial charge in [0.2, 0.25) is 0 Å². The van der Waals surface area contributed by atoms with E-state index >= 15 is 0 Å². The van der Waals surface area contributed by atoms with Crippen molar-refractivity contribution >= 4 is 27.3 Å². The fourth-order valence-electron chi connectivity index (χ4n) is 2.29. The van der Waals surface area contributed by atoms with Gasteiger partial charge >= 0.3 is 0 Å². The van der Waals surface area contributed by atoms with Crippen LogP contribution in [0.5, 0.6) is 0 Å². The van der Waals surface area contributed by atoms with Crippen molar-refractivity contribution in [2.45, 2.75) is 10.6 Å². The van der Waals surface area contributed by atoms with Crippen LogP contribution >= 0.6 is 0 Å². The SMILES string of the molecule is Nc1ccc(S(=O)Cc2cccc3ccccc23)cc1F. The lowest BCUT2D eigenvalue weighted by molar-refractivity contribution is 0.627. The number of hydrogen-bond acceptors (Lipinski definition) is 2. The molecular weight excluding hydrogens is 285 g/mol. The molecule has 0 amide bonds. The highest BCUT2D eigenvalue weighted by molar-refractivity contribution is 7.84. The van der Waals surface area contributed by atoms with Crippen molar-refractivity contribution < 1.29 is 8.60 Å². The molecule has 0 saturated carbocycles. The first-order valence-electron chi connectivity index (χ1n) is 6.55. The van der Waals surface area contributed by atoms with E-state index in [1.165, 1.54) is 12.1 Å². The monoisotopic (exact) mass is 299 g/mol. The lowest BCUT2D eigenvalue weighted by Crippen LogP contribution is -1.99. The summed E-state index contributed by atoms with van der Waals surface area (Å²) in [4.78, 5) is 0.453. The summed E-state index contributed by atoms with van der Waals surface area (Å²) in [6, 6.07) is 18.2. The Balaban J connectivity index is 1.94. The first kappa shape index (κ1) is 13.8. The number of benzene rings is 3. The summed E-state index contributed by atoms with van der Waals surface area (Å²) in [7, 11) is -1.30. The number of nitrogens with two attached hydrogens (primary N) is 1. The number of rotatable bonds is 3. The van der Waals surface area contributed by atoms with Crippen LogP contribution in [0.4, 0.5) is 10.1 Å². The third-order valence-electron chi connectivity index (χ3n) is 3.40. The molecule has 1 unspecified atom stereocenters. The van der Waals surface area contributed by atoms with Crippen molar-refractivity contribution in [2.24, 2.45) is 0 Å². The predicted molar refractivity (Wildman–Crippen MR) is 84.9 cm³/mol. The molecule has 3 aromatic carbocycles. The number of nitrogen functional groups attached to an aromatic ring is 1. The summed E-state index contributed by atoms with van der Waals surface area (Å²) in [5.41, 5.74) is 6.50. The first-order chi connectivity index (χ1) is 10.1. The lowest BCUT2D eigenvalue weighted by atomic mass is 10.1. The molecule has 0 fully saturated rings. The summed E-state index contributed by atoms with van der Waals surface area (Å²) in [5.74, 6) is -0.177. The van der Waals surface area contributed by atoms with Gasteiger partial charge in [-0.2, -0.15) is 0 Å². The highest BCUT2D eigenvalue weighted by Crippen LogP contribution is 2.23. The van der Waals surface area contributed by atoms with Gasteiger partial charge in [-0.1, -0.05) is 42.5 Å². The quantitative estimate of drug-likeness (QED) is 0.746. The predicted octanol–water partition coefficient (Wildman–Crippen LogP) is 3.87. The second kappa shape index (κ2) is 5.66. The van der Waals surface area contributed by atoms with E-state index in [9.17, 15) is 8.60 Å². The number of anilines is 1. The molecule has 21 heavy (non-hydrogen) atoms. The van der Waals surface area contributed by atoms with Crippen molar-refractivity contribution in [1.29, 1.82) is 0 Å². The second-order valence-electron chi connectivity index (χ2n) is 4.81. The molecule has 4 heteroatoms. The Morgan fingerprint density at radius 3 is 2.57 bits per heavy atom. The molecule has 0 aliphatic carbocycles. The van der Waals surface area contributed by atoms with Crippen LogP contribution in [0.2, 0.25) is 0 Å². The maximum Gasteiger partial charge on any atom is 0.147 e. The average molecular weight is 299 g/mol. The largest absolute Gasteiger partial charge is 0.396 e. The van der Waals surface area contributed by atoms with Gasteiger partial charge in [0.15, 0.2) is 0 Å². The van der Waals surface area contributed by atoms with E-state index in [0.717, 1.165) is 16.3 Å². The standard InChI is InChI=1S/C17H14FNOS/c18-16-10-14(8-9-17(16)19)21(20)11-13-6-3-5-12-4-1-2-7-15(12)13/h1-10H,11,19H2. The van der Waals surface area contributed by atoms with Crippen molar-refractivity contribution in [2.75, 3.05) is 5.73 Å². The Morgan fingerprint density at radius 1 is 1.00 bits per heavy atom. The Labute approximate surface area is 124 Å². The number of hydrogen-bond donors (Lipinski definition) is 1. The minimum Gasteiger partial charge on any atom is -0.396 e. The molecule has 0 radical (unpaired) electrons. The maximum atomic E-state index is 13.5. The minimum atomic E-state index is -1.30. The second-order valence-corrected chi connectivity index (χ2v) is 6.26. The molecule has 106 valence electrons. The van der Waals surface area contributed by atoms with Crippen molar-refractivity contribution in [1.82, 2.24) is 0 Å². The van der Waals surface area contributed by atoms with Crippen LogP contribution in [0, 0.1) is 5.82 Å². The van der Waals surface area contributed by atoms with Gasteiger partial charge in [-0.3, -0.25) is 4.21 Å².